The third kappa shape index (κ3) is 11.9. The smallest absolute Gasteiger partial charge is 0.410 e. The molecule has 0 radical (unpaired) electrons. The van der Waals surface area contributed by atoms with Crippen LogP contribution in [0.15, 0.2) is 38.9 Å². The average molecular weight is 985 g/mol. The van der Waals surface area contributed by atoms with E-state index in [9.17, 15) is 14.4 Å². The molecule has 5 aliphatic heterocycles. The number of carbonyl (C=O) groups excluding carboxylic acids is 3. The third-order valence-electron chi connectivity index (χ3n) is 11.8. The summed E-state index contributed by atoms with van der Waals surface area (Å²) in [6.45, 7) is 33.2. The minimum absolute atomic E-state index is 0.0459. The number of benzene rings is 2. The van der Waals surface area contributed by atoms with Crippen molar-refractivity contribution in [2.45, 2.75) is 131 Å². The van der Waals surface area contributed by atoms with Gasteiger partial charge in [0.25, 0.3) is 11.8 Å². The van der Waals surface area contributed by atoms with Gasteiger partial charge in [0.15, 0.2) is 11.7 Å². The molecule has 352 valence electrons. The molecule has 3 amide bonds. The fourth-order valence-corrected chi connectivity index (χ4v) is 9.90. The molecule has 2 aromatic rings. The molecule has 7 rings (SSSR count). The number of likely N-dealkylation sites (tertiary alicyclic amines) is 1. The van der Waals surface area contributed by atoms with Gasteiger partial charge in [-0.05, 0) is 108 Å². The van der Waals surface area contributed by atoms with Crippen LogP contribution in [-0.2, 0) is 30.2 Å². The normalized spacial score (nSPS) is 20.3. The molecule has 0 bridgehead atoms. The zero-order valence-corrected chi connectivity index (χ0v) is 44.1. The highest BCUT2D eigenvalue weighted by Crippen LogP contribution is 2.42. The Balaban J connectivity index is 0.000000228. The van der Waals surface area contributed by atoms with Crippen molar-refractivity contribution in [2.24, 2.45) is 15.6 Å². The molecule has 5 heterocycles. The van der Waals surface area contributed by atoms with Crippen LogP contribution in [-0.4, -0.2) is 131 Å². The van der Waals surface area contributed by atoms with E-state index in [-0.39, 0.29) is 42.8 Å². The van der Waals surface area contributed by atoms with E-state index in [0.717, 1.165) is 62.8 Å². The highest BCUT2D eigenvalue weighted by atomic mass is 79.9. The zero-order chi connectivity index (χ0) is 47.1. The topological polar surface area (TPSA) is 138 Å². The van der Waals surface area contributed by atoms with Crippen molar-refractivity contribution in [2.75, 3.05) is 62.8 Å². The molecule has 18 heteroatoms. The number of anilines is 2. The first kappa shape index (κ1) is 49.5. The summed E-state index contributed by atoms with van der Waals surface area (Å²) in [5.41, 5.74) is 4.59. The van der Waals surface area contributed by atoms with Crippen LogP contribution in [0.5, 0.6) is 11.5 Å². The number of hydrogen-bond donors (Lipinski definition) is 0. The summed E-state index contributed by atoms with van der Waals surface area (Å²) < 4.78 is 30.0. The van der Waals surface area contributed by atoms with Gasteiger partial charge in [-0.25, -0.2) is 14.8 Å². The summed E-state index contributed by atoms with van der Waals surface area (Å²) in [5.74, 6) is 2.83. The summed E-state index contributed by atoms with van der Waals surface area (Å²) in [6.07, 6.45) is 0.548. The Bertz CT molecular complexity index is 2160. The predicted molar refractivity (Wildman–Crippen MR) is 261 cm³/mol. The van der Waals surface area contributed by atoms with Gasteiger partial charge in [0.1, 0.15) is 55.9 Å². The second-order valence-corrected chi connectivity index (χ2v) is 33.6. The second kappa shape index (κ2) is 19.1. The maximum atomic E-state index is 13.2. The molecule has 5 aliphatic rings. The number of rotatable bonds is 12. The Morgan fingerprint density at radius 2 is 1.23 bits per heavy atom. The predicted octanol–water partition coefficient (Wildman–Crippen LogP) is 8.66. The Hall–Kier alpha value is -3.98. The fourth-order valence-electron chi connectivity index (χ4n) is 8.05. The highest BCUT2D eigenvalue weighted by molar-refractivity contribution is 9.10. The van der Waals surface area contributed by atoms with Crippen LogP contribution in [0, 0.1) is 19.3 Å². The second-order valence-electron chi connectivity index (χ2n) is 21.5. The van der Waals surface area contributed by atoms with Gasteiger partial charge in [-0.1, -0.05) is 62.1 Å². The van der Waals surface area contributed by atoms with Gasteiger partial charge in [-0.3, -0.25) is 9.59 Å². The van der Waals surface area contributed by atoms with Crippen molar-refractivity contribution in [1.29, 1.82) is 0 Å². The number of halogens is 1. The van der Waals surface area contributed by atoms with Crippen LogP contribution in [0.2, 0.25) is 51.4 Å². The number of hydrazone groups is 2. The van der Waals surface area contributed by atoms with Crippen molar-refractivity contribution in [3.63, 3.8) is 0 Å². The van der Waals surface area contributed by atoms with E-state index in [1.807, 2.05) is 63.5 Å². The molecule has 0 aliphatic carbocycles. The maximum Gasteiger partial charge on any atom is 0.410 e. The van der Waals surface area contributed by atoms with Crippen molar-refractivity contribution in [3.8, 4) is 11.5 Å². The van der Waals surface area contributed by atoms with Gasteiger partial charge in [-0.15, -0.1) is 0 Å². The average Bonchev–Trinajstić information content (AvgIpc) is 3.17. The number of aryl methyl sites for hydroxylation is 2. The lowest BCUT2D eigenvalue weighted by Gasteiger charge is -2.48. The lowest BCUT2D eigenvalue weighted by atomic mass is 9.76. The summed E-state index contributed by atoms with van der Waals surface area (Å²) in [5, 5.41) is 12.0. The largest absolute Gasteiger partial charge is 0.483 e. The highest BCUT2D eigenvalue weighted by Gasteiger charge is 2.45. The van der Waals surface area contributed by atoms with Gasteiger partial charge >= 0.3 is 6.09 Å². The van der Waals surface area contributed by atoms with Gasteiger partial charge in [0.05, 0.1) is 11.4 Å². The Morgan fingerprint density at radius 3 is 1.69 bits per heavy atom. The molecule has 1 saturated heterocycles. The first-order valence-corrected chi connectivity index (χ1v) is 30.6. The molecule has 2 unspecified atom stereocenters. The summed E-state index contributed by atoms with van der Waals surface area (Å²) >= 11 is 3.56. The minimum Gasteiger partial charge on any atom is -0.483 e. The Kier molecular flexibility index (Phi) is 14.8. The van der Waals surface area contributed by atoms with E-state index in [1.54, 1.807) is 4.90 Å². The van der Waals surface area contributed by atoms with Crippen LogP contribution in [0.25, 0.3) is 0 Å². The van der Waals surface area contributed by atoms with Gasteiger partial charge in [-0.2, -0.15) is 10.2 Å². The Morgan fingerprint density at radius 1 is 0.781 bits per heavy atom. The van der Waals surface area contributed by atoms with Crippen LogP contribution in [0.3, 0.4) is 0 Å². The number of hydrogen-bond acceptors (Lipinski definition) is 12. The van der Waals surface area contributed by atoms with Crippen LogP contribution in [0.1, 0.15) is 58.2 Å². The van der Waals surface area contributed by atoms with Gasteiger partial charge in [0, 0.05) is 52.3 Å². The fraction of sp³-hybridized carbons (Fsp3) is 0.630. The molecule has 0 saturated carbocycles. The first-order valence-electron chi connectivity index (χ1n) is 22.4. The molecular formula is C46H70BrN7O8Si2. The summed E-state index contributed by atoms with van der Waals surface area (Å²) in [7, 11) is -2.35. The monoisotopic (exact) mass is 983 g/mol. The van der Waals surface area contributed by atoms with Crippen molar-refractivity contribution in [3.05, 3.63) is 45.4 Å². The summed E-state index contributed by atoms with van der Waals surface area (Å²) in [6, 6.07) is 9.51. The molecule has 2 atom stereocenters. The van der Waals surface area contributed by atoms with E-state index < -0.39 is 27.8 Å². The number of ether oxygens (including phenoxy) is 5. The van der Waals surface area contributed by atoms with Gasteiger partial charge in [0.2, 0.25) is 0 Å². The molecule has 64 heavy (non-hydrogen) atoms. The van der Waals surface area contributed by atoms with E-state index in [1.165, 1.54) is 15.6 Å². The number of amidine groups is 2. The van der Waals surface area contributed by atoms with Crippen LogP contribution in [0.4, 0.5) is 16.2 Å². The molecule has 0 N–H and O–H groups in total. The zero-order valence-electron chi connectivity index (χ0n) is 40.5. The van der Waals surface area contributed by atoms with Crippen molar-refractivity contribution in [1.82, 2.24) is 14.9 Å². The van der Waals surface area contributed by atoms with Gasteiger partial charge < -0.3 is 38.4 Å². The quantitative estimate of drug-likeness (QED) is 0.150. The van der Waals surface area contributed by atoms with E-state index >= 15 is 0 Å². The molecule has 0 aromatic heterocycles. The lowest BCUT2D eigenvalue weighted by molar-refractivity contribution is -0.139. The Labute approximate surface area is 390 Å². The molecule has 2 aromatic carbocycles. The van der Waals surface area contributed by atoms with Crippen LogP contribution < -0.4 is 19.3 Å². The van der Waals surface area contributed by atoms with Crippen LogP contribution >= 0.6 is 15.9 Å². The van der Waals surface area contributed by atoms with Crippen molar-refractivity contribution < 1.29 is 38.1 Å². The number of carbonyl (C=O) groups is 3. The molecule has 1 fully saturated rings. The lowest BCUT2D eigenvalue weighted by Crippen LogP contribution is -2.59. The first-order chi connectivity index (χ1) is 29.7. The standard InChI is InChI=1S/C28H44N4O5Si.C18H26BrN3O3Si/c1-19-12-23-22(13-21(19)14-28(6)16-30(17-28)26(34)37-27(3,4)5)32-20(2)25(33)31(29-24(32)15-36-23)18-35-10-11-38(7,8)9;1-12-8-16-15(9-14(12)19)22-13(2)18(23)21(20-17(22)10-25-16)11-24-6-7-26(3,4)5/h12-13,20H,10-11,14-18H2,1-9H3;8-9,13H,6-7,10-11H2,1-5H3. The molecular weight excluding hydrogens is 915 g/mol. The van der Waals surface area contributed by atoms with E-state index in [4.69, 9.17) is 23.7 Å². The SMILES string of the molecule is Cc1cc2c(cc1Br)N1C(=NN(COCC[Si](C)(C)C)C(=O)C1C)CO2.Cc1cc2c(cc1CC1(C)CN(C(=O)OC(C)(C)C)C1)N1C(=NN(COCC[Si](C)(C)C)C(=O)C1C)CO2. The summed E-state index contributed by atoms with van der Waals surface area (Å²) in [4.78, 5) is 44.2. The molecule has 15 nitrogen and oxygen atoms in total. The minimum atomic E-state index is -1.21. The maximum absolute atomic E-state index is 13.2. The van der Waals surface area contributed by atoms with E-state index in [0.29, 0.717) is 45.4 Å². The number of nitrogens with zero attached hydrogens (tertiary/aromatic N) is 7. The molecule has 0 spiro atoms. The van der Waals surface area contributed by atoms with E-state index in [2.05, 4.69) is 91.4 Å². The van der Waals surface area contributed by atoms with Crippen molar-refractivity contribution >= 4 is 73.0 Å². The number of fused-ring (bicyclic) bond motifs is 6. The number of amides is 3. The third-order valence-corrected chi connectivity index (χ3v) is 16.0.